The number of piperidine rings is 1. The maximum absolute atomic E-state index is 4.87. The number of anilines is 2. The molecule has 2 aliphatic rings. The van der Waals surface area contributed by atoms with E-state index in [2.05, 4.69) is 36.9 Å². The molecule has 128 valence electrons. The van der Waals surface area contributed by atoms with E-state index in [1.807, 2.05) is 0 Å². The number of hydrogen-bond donors (Lipinski definition) is 3. The van der Waals surface area contributed by atoms with E-state index in [0.29, 0.717) is 5.92 Å². The molecule has 0 spiro atoms. The molecule has 7 heteroatoms. The van der Waals surface area contributed by atoms with Crippen LogP contribution in [0.15, 0.2) is 18.5 Å². The molecule has 2 aromatic rings. The minimum absolute atomic E-state index is 0.648. The van der Waals surface area contributed by atoms with Gasteiger partial charge in [0.05, 0.1) is 5.52 Å². The number of fused-ring (bicyclic) bond motifs is 1. The van der Waals surface area contributed by atoms with Gasteiger partial charge in [0.1, 0.15) is 11.3 Å². The quantitative estimate of drug-likeness (QED) is 0.768. The molecule has 2 fully saturated rings. The second-order valence-corrected chi connectivity index (χ2v) is 6.58. The third kappa shape index (κ3) is 3.42. The summed E-state index contributed by atoms with van der Waals surface area (Å²) in [6.45, 7) is 7.09. The molecule has 7 nitrogen and oxygen atoms in total. The predicted molar refractivity (Wildman–Crippen MR) is 96.5 cm³/mol. The molecule has 4 rings (SSSR count). The molecule has 0 bridgehead atoms. The number of hydrogen-bond acceptors (Lipinski definition) is 7. The van der Waals surface area contributed by atoms with Crippen LogP contribution in [0.3, 0.4) is 0 Å². The lowest BCUT2D eigenvalue weighted by molar-refractivity contribution is 0.392. The van der Waals surface area contributed by atoms with Gasteiger partial charge in [-0.2, -0.15) is 0 Å². The van der Waals surface area contributed by atoms with Gasteiger partial charge >= 0.3 is 0 Å². The van der Waals surface area contributed by atoms with Crippen molar-refractivity contribution in [2.75, 3.05) is 56.0 Å². The molecule has 0 aliphatic carbocycles. The van der Waals surface area contributed by atoms with Gasteiger partial charge in [-0.05, 0) is 31.8 Å². The second kappa shape index (κ2) is 7.27. The SMILES string of the molecule is c1cnc2c(NCC3CCCNC3)nc(N3CCNCC3)cc2n1. The zero-order valence-corrected chi connectivity index (χ0v) is 14.0. The van der Waals surface area contributed by atoms with E-state index in [4.69, 9.17) is 4.98 Å². The van der Waals surface area contributed by atoms with E-state index < -0.39 is 0 Å². The first-order valence-electron chi connectivity index (χ1n) is 8.92. The maximum Gasteiger partial charge on any atom is 0.156 e. The van der Waals surface area contributed by atoms with Crippen LogP contribution in [0.1, 0.15) is 12.8 Å². The molecule has 1 unspecified atom stereocenters. The van der Waals surface area contributed by atoms with Crippen molar-refractivity contribution >= 4 is 22.7 Å². The summed E-state index contributed by atoms with van der Waals surface area (Å²) in [5.41, 5.74) is 1.77. The number of piperazine rings is 1. The second-order valence-electron chi connectivity index (χ2n) is 6.58. The van der Waals surface area contributed by atoms with Crippen molar-refractivity contribution < 1.29 is 0 Å². The van der Waals surface area contributed by atoms with Gasteiger partial charge in [0.25, 0.3) is 0 Å². The van der Waals surface area contributed by atoms with Crippen LogP contribution in [0.2, 0.25) is 0 Å². The van der Waals surface area contributed by atoms with Gasteiger partial charge in [0.2, 0.25) is 0 Å². The number of nitrogens with zero attached hydrogens (tertiary/aromatic N) is 4. The van der Waals surface area contributed by atoms with Crippen LogP contribution in [0.25, 0.3) is 11.0 Å². The van der Waals surface area contributed by atoms with Crippen LogP contribution in [0.4, 0.5) is 11.6 Å². The first kappa shape index (κ1) is 15.5. The highest BCUT2D eigenvalue weighted by Crippen LogP contribution is 2.24. The topological polar surface area (TPSA) is 78.0 Å². The van der Waals surface area contributed by atoms with Gasteiger partial charge in [-0.1, -0.05) is 0 Å². The Morgan fingerprint density at radius 2 is 2.00 bits per heavy atom. The van der Waals surface area contributed by atoms with Gasteiger partial charge in [-0.25, -0.2) is 9.97 Å². The molecule has 2 saturated heterocycles. The molecular weight excluding hydrogens is 302 g/mol. The van der Waals surface area contributed by atoms with Crippen LogP contribution >= 0.6 is 0 Å². The largest absolute Gasteiger partial charge is 0.368 e. The molecule has 24 heavy (non-hydrogen) atoms. The highest BCUT2D eigenvalue weighted by atomic mass is 15.2. The Balaban J connectivity index is 1.59. The number of nitrogens with one attached hydrogen (secondary N) is 3. The first-order valence-corrected chi connectivity index (χ1v) is 8.92. The predicted octanol–water partition coefficient (Wildman–Crippen LogP) is 0.846. The summed E-state index contributed by atoms with van der Waals surface area (Å²) in [5, 5.41) is 10.4. The lowest BCUT2D eigenvalue weighted by Crippen LogP contribution is -2.44. The number of aromatic nitrogens is 3. The Morgan fingerprint density at radius 1 is 1.12 bits per heavy atom. The lowest BCUT2D eigenvalue weighted by atomic mass is 10.00. The van der Waals surface area contributed by atoms with Gasteiger partial charge in [0.15, 0.2) is 5.82 Å². The van der Waals surface area contributed by atoms with Crippen LogP contribution < -0.4 is 20.9 Å². The summed E-state index contributed by atoms with van der Waals surface area (Å²) < 4.78 is 0. The average molecular weight is 327 g/mol. The van der Waals surface area contributed by atoms with Crippen molar-refractivity contribution in [1.82, 2.24) is 25.6 Å². The highest BCUT2D eigenvalue weighted by molar-refractivity contribution is 5.87. The average Bonchev–Trinajstić information content (AvgIpc) is 2.67. The molecule has 0 radical (unpaired) electrons. The Hall–Kier alpha value is -1.99. The van der Waals surface area contributed by atoms with Crippen LogP contribution in [-0.4, -0.2) is 60.8 Å². The highest BCUT2D eigenvalue weighted by Gasteiger charge is 2.17. The van der Waals surface area contributed by atoms with E-state index in [-0.39, 0.29) is 0 Å². The van der Waals surface area contributed by atoms with Crippen molar-refractivity contribution in [2.45, 2.75) is 12.8 Å². The van der Waals surface area contributed by atoms with E-state index in [1.165, 1.54) is 12.8 Å². The fraction of sp³-hybridized carbons (Fsp3) is 0.588. The summed E-state index contributed by atoms with van der Waals surface area (Å²) in [6.07, 6.45) is 6.00. The van der Waals surface area contributed by atoms with Gasteiger partial charge in [-0.15, -0.1) is 0 Å². The molecule has 3 N–H and O–H groups in total. The molecule has 1 atom stereocenters. The smallest absolute Gasteiger partial charge is 0.156 e. The van der Waals surface area contributed by atoms with Crippen molar-refractivity contribution in [1.29, 1.82) is 0 Å². The zero-order valence-electron chi connectivity index (χ0n) is 14.0. The summed E-state index contributed by atoms with van der Waals surface area (Å²) in [6, 6.07) is 2.06. The molecule has 0 aromatic carbocycles. The van der Waals surface area contributed by atoms with Gasteiger partial charge in [0, 0.05) is 51.2 Å². The van der Waals surface area contributed by atoms with Crippen molar-refractivity contribution in [3.8, 4) is 0 Å². The monoisotopic (exact) mass is 327 g/mol. The minimum atomic E-state index is 0.648. The molecule has 2 aromatic heterocycles. The summed E-state index contributed by atoms with van der Waals surface area (Å²) in [5.74, 6) is 2.50. The van der Waals surface area contributed by atoms with Crippen LogP contribution in [-0.2, 0) is 0 Å². The van der Waals surface area contributed by atoms with E-state index in [0.717, 1.165) is 68.5 Å². The third-order valence-corrected chi connectivity index (χ3v) is 4.84. The standard InChI is InChI=1S/C17H25N7/c1-2-13(11-19-3-1)12-22-17-16-14(20-4-5-21-16)10-15(23-17)24-8-6-18-7-9-24/h4-5,10,13,18-19H,1-3,6-9,11-12H2,(H,22,23). The van der Waals surface area contributed by atoms with Gasteiger partial charge in [-0.3, -0.25) is 4.98 Å². The Morgan fingerprint density at radius 3 is 2.83 bits per heavy atom. The fourth-order valence-corrected chi connectivity index (χ4v) is 3.48. The Bertz CT molecular complexity index is 678. The normalized spacial score (nSPS) is 21.8. The van der Waals surface area contributed by atoms with E-state index >= 15 is 0 Å². The van der Waals surface area contributed by atoms with Crippen LogP contribution in [0, 0.1) is 5.92 Å². The maximum atomic E-state index is 4.87. The molecule has 4 heterocycles. The Kier molecular flexibility index (Phi) is 4.71. The molecule has 0 amide bonds. The third-order valence-electron chi connectivity index (χ3n) is 4.84. The summed E-state index contributed by atoms with van der Waals surface area (Å²) in [4.78, 5) is 16.2. The summed E-state index contributed by atoms with van der Waals surface area (Å²) >= 11 is 0. The molecule has 0 saturated carbocycles. The molecular formula is C17H25N7. The van der Waals surface area contributed by atoms with Crippen LogP contribution in [0.5, 0.6) is 0 Å². The zero-order chi connectivity index (χ0) is 16.2. The van der Waals surface area contributed by atoms with Crippen molar-refractivity contribution in [3.63, 3.8) is 0 Å². The fourth-order valence-electron chi connectivity index (χ4n) is 3.48. The van der Waals surface area contributed by atoms with Crippen molar-refractivity contribution in [2.24, 2.45) is 5.92 Å². The van der Waals surface area contributed by atoms with Gasteiger partial charge < -0.3 is 20.9 Å². The Labute approximate surface area is 142 Å². The van der Waals surface area contributed by atoms with Crippen molar-refractivity contribution in [3.05, 3.63) is 18.5 Å². The first-order chi connectivity index (χ1) is 11.9. The minimum Gasteiger partial charge on any atom is -0.368 e. The molecule has 2 aliphatic heterocycles. The lowest BCUT2D eigenvalue weighted by Gasteiger charge is -2.29. The van der Waals surface area contributed by atoms with E-state index in [1.54, 1.807) is 12.4 Å². The number of rotatable bonds is 4. The summed E-state index contributed by atoms with van der Waals surface area (Å²) in [7, 11) is 0. The van der Waals surface area contributed by atoms with E-state index in [9.17, 15) is 0 Å². The number of pyridine rings is 1.